The van der Waals surface area contributed by atoms with Gasteiger partial charge in [-0.3, -0.25) is 0 Å². The summed E-state index contributed by atoms with van der Waals surface area (Å²) in [4.78, 5) is 4.68. The van der Waals surface area contributed by atoms with E-state index in [1.54, 1.807) is 11.8 Å². The molecule has 120 valence electrons. The predicted molar refractivity (Wildman–Crippen MR) is 87.1 cm³/mol. The zero-order chi connectivity index (χ0) is 15.5. The molecule has 0 bridgehead atoms. The van der Waals surface area contributed by atoms with Gasteiger partial charge in [-0.1, -0.05) is 31.5 Å². The van der Waals surface area contributed by atoms with Gasteiger partial charge >= 0.3 is 0 Å². The molecule has 1 saturated carbocycles. The summed E-state index contributed by atoms with van der Waals surface area (Å²) in [6, 6.07) is 0. The van der Waals surface area contributed by atoms with Crippen LogP contribution in [-0.2, 0) is 12.3 Å². The number of thioether (sulfide) groups is 1. The second-order valence-corrected chi connectivity index (χ2v) is 6.96. The second-order valence-electron chi connectivity index (χ2n) is 6.02. The molecule has 0 atom stereocenters. The number of imidazole rings is 1. The SMILES string of the molecule is CCCCn1c(SCc2nnc(C3CCC3)o2)nc(C)c1C. The van der Waals surface area contributed by atoms with Crippen LogP contribution in [0.25, 0.3) is 0 Å². The number of nitrogens with zero attached hydrogens (tertiary/aromatic N) is 4. The van der Waals surface area contributed by atoms with E-state index < -0.39 is 0 Å². The van der Waals surface area contributed by atoms with Gasteiger partial charge in [0.05, 0.1) is 11.4 Å². The van der Waals surface area contributed by atoms with E-state index in [1.165, 1.54) is 37.8 Å². The maximum Gasteiger partial charge on any atom is 0.226 e. The van der Waals surface area contributed by atoms with Crippen LogP contribution in [0.1, 0.15) is 68.1 Å². The van der Waals surface area contributed by atoms with Crippen molar-refractivity contribution in [1.82, 2.24) is 19.7 Å². The van der Waals surface area contributed by atoms with Crippen LogP contribution < -0.4 is 0 Å². The first-order valence-electron chi connectivity index (χ1n) is 8.17. The Kier molecular flexibility index (Phi) is 4.86. The fraction of sp³-hybridized carbons (Fsp3) is 0.688. The Morgan fingerprint density at radius 2 is 2.09 bits per heavy atom. The molecule has 0 N–H and O–H groups in total. The van der Waals surface area contributed by atoms with Gasteiger partial charge in [0, 0.05) is 18.2 Å². The van der Waals surface area contributed by atoms with Crippen molar-refractivity contribution < 1.29 is 4.42 Å². The third-order valence-corrected chi connectivity index (χ3v) is 5.38. The quantitative estimate of drug-likeness (QED) is 0.714. The lowest BCUT2D eigenvalue weighted by Gasteiger charge is -2.20. The van der Waals surface area contributed by atoms with Crippen LogP contribution in [0.15, 0.2) is 9.57 Å². The van der Waals surface area contributed by atoms with Crippen molar-refractivity contribution in [1.29, 1.82) is 0 Å². The smallest absolute Gasteiger partial charge is 0.226 e. The first-order valence-corrected chi connectivity index (χ1v) is 9.16. The van der Waals surface area contributed by atoms with E-state index in [-0.39, 0.29) is 0 Å². The summed E-state index contributed by atoms with van der Waals surface area (Å²) in [5.41, 5.74) is 2.37. The summed E-state index contributed by atoms with van der Waals surface area (Å²) in [5.74, 6) is 2.74. The zero-order valence-corrected chi connectivity index (χ0v) is 14.4. The topological polar surface area (TPSA) is 56.7 Å². The summed E-state index contributed by atoms with van der Waals surface area (Å²) < 4.78 is 8.10. The lowest BCUT2D eigenvalue weighted by Crippen LogP contribution is -2.08. The van der Waals surface area contributed by atoms with Crippen molar-refractivity contribution in [2.24, 2.45) is 0 Å². The van der Waals surface area contributed by atoms with Crippen LogP contribution >= 0.6 is 11.8 Å². The number of aromatic nitrogens is 4. The average Bonchev–Trinajstić information content (AvgIpc) is 3.00. The molecular formula is C16H24N4OS. The molecule has 22 heavy (non-hydrogen) atoms. The van der Waals surface area contributed by atoms with E-state index in [2.05, 4.69) is 40.5 Å². The highest BCUT2D eigenvalue weighted by molar-refractivity contribution is 7.98. The minimum Gasteiger partial charge on any atom is -0.424 e. The van der Waals surface area contributed by atoms with Crippen LogP contribution in [0, 0.1) is 13.8 Å². The molecule has 2 aromatic heterocycles. The molecule has 1 fully saturated rings. The first kappa shape index (κ1) is 15.6. The van der Waals surface area contributed by atoms with Crippen LogP contribution in [0.2, 0.25) is 0 Å². The second kappa shape index (κ2) is 6.86. The first-order chi connectivity index (χ1) is 10.7. The predicted octanol–water partition coefficient (Wildman–Crippen LogP) is 4.24. The van der Waals surface area contributed by atoms with Crippen LogP contribution in [0.3, 0.4) is 0 Å². The average molecular weight is 320 g/mol. The van der Waals surface area contributed by atoms with Crippen LogP contribution in [0.4, 0.5) is 0 Å². The number of unbranched alkanes of at least 4 members (excludes halogenated alkanes) is 1. The van der Waals surface area contributed by atoms with Gasteiger partial charge in [-0.15, -0.1) is 10.2 Å². The fourth-order valence-electron chi connectivity index (χ4n) is 2.58. The molecule has 0 aliphatic heterocycles. The van der Waals surface area contributed by atoms with Gasteiger partial charge in [-0.2, -0.15) is 0 Å². The summed E-state index contributed by atoms with van der Waals surface area (Å²) >= 11 is 1.69. The van der Waals surface area contributed by atoms with Crippen molar-refractivity contribution >= 4 is 11.8 Å². The van der Waals surface area contributed by atoms with Gasteiger partial charge in [0.1, 0.15) is 0 Å². The Hall–Kier alpha value is -1.30. The lowest BCUT2D eigenvalue weighted by atomic mass is 9.85. The molecule has 0 saturated heterocycles. The van der Waals surface area contributed by atoms with Gasteiger partial charge in [-0.25, -0.2) is 4.98 Å². The standard InChI is InChI=1S/C16H24N4OS/c1-4-5-9-20-12(3)11(2)17-16(20)22-10-14-18-19-15(21-14)13-7-6-8-13/h13H,4-10H2,1-3H3. The largest absolute Gasteiger partial charge is 0.424 e. The zero-order valence-electron chi connectivity index (χ0n) is 13.6. The molecule has 0 spiro atoms. The highest BCUT2D eigenvalue weighted by Crippen LogP contribution is 2.35. The third-order valence-electron chi connectivity index (χ3n) is 4.42. The van der Waals surface area contributed by atoms with Gasteiger partial charge in [0.15, 0.2) is 5.16 Å². The summed E-state index contributed by atoms with van der Waals surface area (Å²) in [6.45, 7) is 7.46. The Morgan fingerprint density at radius 3 is 2.77 bits per heavy atom. The van der Waals surface area contributed by atoms with Gasteiger partial charge < -0.3 is 8.98 Å². The maximum absolute atomic E-state index is 5.79. The van der Waals surface area contributed by atoms with E-state index in [0.717, 1.165) is 23.3 Å². The minimum absolute atomic E-state index is 0.502. The molecule has 0 amide bonds. The number of aryl methyl sites for hydroxylation is 1. The monoisotopic (exact) mass is 320 g/mol. The van der Waals surface area contributed by atoms with Gasteiger partial charge in [-0.05, 0) is 33.1 Å². The molecule has 5 nitrogen and oxygen atoms in total. The Balaban J connectivity index is 1.65. The molecule has 0 aromatic carbocycles. The molecule has 0 unspecified atom stereocenters. The van der Waals surface area contributed by atoms with Gasteiger partial charge in [0.25, 0.3) is 0 Å². The van der Waals surface area contributed by atoms with E-state index >= 15 is 0 Å². The molecule has 6 heteroatoms. The molecular weight excluding hydrogens is 296 g/mol. The number of rotatable bonds is 7. The van der Waals surface area contributed by atoms with E-state index in [4.69, 9.17) is 4.42 Å². The molecule has 1 aliphatic rings. The highest BCUT2D eigenvalue weighted by Gasteiger charge is 2.25. The molecule has 0 radical (unpaired) electrons. The van der Waals surface area contributed by atoms with E-state index in [9.17, 15) is 0 Å². The molecule has 3 rings (SSSR count). The number of hydrogen-bond acceptors (Lipinski definition) is 5. The van der Waals surface area contributed by atoms with Crippen LogP contribution in [-0.4, -0.2) is 19.7 Å². The summed E-state index contributed by atoms with van der Waals surface area (Å²) in [6.07, 6.45) is 6.03. The molecule has 2 aromatic rings. The Morgan fingerprint density at radius 1 is 1.27 bits per heavy atom. The van der Waals surface area contributed by atoms with Crippen molar-refractivity contribution in [3.05, 3.63) is 23.2 Å². The fourth-order valence-corrected chi connectivity index (χ4v) is 3.54. The van der Waals surface area contributed by atoms with Crippen molar-refractivity contribution in [3.63, 3.8) is 0 Å². The van der Waals surface area contributed by atoms with Crippen LogP contribution in [0.5, 0.6) is 0 Å². The Bertz CT molecular complexity index is 630. The number of hydrogen-bond donors (Lipinski definition) is 0. The molecule has 2 heterocycles. The molecule has 1 aliphatic carbocycles. The van der Waals surface area contributed by atoms with Gasteiger partial charge in [0.2, 0.25) is 11.8 Å². The summed E-state index contributed by atoms with van der Waals surface area (Å²) in [5, 5.41) is 9.43. The lowest BCUT2D eigenvalue weighted by molar-refractivity contribution is 0.328. The highest BCUT2D eigenvalue weighted by atomic mass is 32.2. The maximum atomic E-state index is 5.79. The summed E-state index contributed by atoms with van der Waals surface area (Å²) in [7, 11) is 0. The normalized spacial score (nSPS) is 15.2. The Labute approximate surface area is 135 Å². The van der Waals surface area contributed by atoms with Crippen molar-refractivity contribution in [2.75, 3.05) is 0 Å². The van der Waals surface area contributed by atoms with Crippen molar-refractivity contribution in [3.8, 4) is 0 Å². The van der Waals surface area contributed by atoms with E-state index in [1.807, 2.05) is 0 Å². The minimum atomic E-state index is 0.502. The van der Waals surface area contributed by atoms with E-state index in [0.29, 0.717) is 17.6 Å². The van der Waals surface area contributed by atoms with Crippen molar-refractivity contribution in [2.45, 2.75) is 76.2 Å². The third kappa shape index (κ3) is 3.21.